The van der Waals surface area contributed by atoms with Crippen molar-refractivity contribution in [3.05, 3.63) is 18.1 Å². The molecule has 0 radical (unpaired) electrons. The highest BCUT2D eigenvalue weighted by atomic mass is 32.2. The van der Waals surface area contributed by atoms with Gasteiger partial charge in [0.2, 0.25) is 0 Å². The summed E-state index contributed by atoms with van der Waals surface area (Å²) in [5, 5.41) is 0.719. The molecule has 0 unspecified atom stereocenters. The molecule has 1 aliphatic carbocycles. The molecule has 2 fully saturated rings. The van der Waals surface area contributed by atoms with Crippen LogP contribution in [0.3, 0.4) is 0 Å². The molecule has 3 rings (SSSR count). The van der Waals surface area contributed by atoms with Crippen LogP contribution >= 0.6 is 11.9 Å². The van der Waals surface area contributed by atoms with Crippen molar-refractivity contribution >= 4 is 24.1 Å². The molecule has 1 aromatic heterocycles. The number of carbonyl (C=O) groups is 1. The van der Waals surface area contributed by atoms with Crippen LogP contribution in [-0.2, 0) is 10.2 Å². The van der Waals surface area contributed by atoms with Crippen molar-refractivity contribution in [2.45, 2.75) is 36.3 Å². The van der Waals surface area contributed by atoms with E-state index in [-0.39, 0.29) is 0 Å². The van der Waals surface area contributed by atoms with E-state index < -0.39 is 5.41 Å². The third-order valence-corrected chi connectivity index (χ3v) is 5.19. The first kappa shape index (κ1) is 13.8. The van der Waals surface area contributed by atoms with E-state index in [0.717, 1.165) is 43.3 Å². The molecule has 5 nitrogen and oxygen atoms in total. The minimum Gasteiger partial charge on any atom is -0.314 e. The standard InChI is InChI=1S/C14H20N4OS/c1-18-8-5-14(10-19,6-9-18)13-15-7-4-12(16-13)17-20-11-2-3-11/h4,7,10-11H,2-3,5-6,8-9H2,1H3,(H,15,16,17). The van der Waals surface area contributed by atoms with Gasteiger partial charge in [-0.1, -0.05) is 0 Å². The molecule has 0 amide bonds. The smallest absolute Gasteiger partial charge is 0.144 e. The van der Waals surface area contributed by atoms with Gasteiger partial charge in [-0.05, 0) is 63.8 Å². The van der Waals surface area contributed by atoms with Gasteiger partial charge in [-0.15, -0.1) is 0 Å². The molecule has 0 atom stereocenters. The third-order valence-electron chi connectivity index (χ3n) is 4.06. The number of rotatable bonds is 5. The number of nitrogens with one attached hydrogen (secondary N) is 1. The van der Waals surface area contributed by atoms with Crippen LogP contribution in [0.15, 0.2) is 12.3 Å². The number of hydrogen-bond acceptors (Lipinski definition) is 6. The average molecular weight is 292 g/mol. The van der Waals surface area contributed by atoms with Crippen LogP contribution in [0.2, 0.25) is 0 Å². The first-order valence-electron chi connectivity index (χ1n) is 7.12. The number of aldehydes is 1. The maximum atomic E-state index is 11.7. The highest BCUT2D eigenvalue weighted by Crippen LogP contribution is 2.35. The summed E-state index contributed by atoms with van der Waals surface area (Å²) in [5.74, 6) is 1.48. The highest BCUT2D eigenvalue weighted by molar-refractivity contribution is 8.01. The normalized spacial score (nSPS) is 22.4. The molecular weight excluding hydrogens is 272 g/mol. The van der Waals surface area contributed by atoms with Gasteiger partial charge in [0.25, 0.3) is 0 Å². The quantitative estimate of drug-likeness (QED) is 0.660. The molecule has 1 saturated carbocycles. The van der Waals surface area contributed by atoms with Crippen LogP contribution in [0, 0.1) is 0 Å². The Hall–Kier alpha value is -1.14. The Morgan fingerprint density at radius 2 is 2.20 bits per heavy atom. The minimum atomic E-state index is -0.506. The summed E-state index contributed by atoms with van der Waals surface area (Å²) in [6.07, 6.45) is 6.95. The second kappa shape index (κ2) is 5.69. The van der Waals surface area contributed by atoms with Gasteiger partial charge in [0.15, 0.2) is 0 Å². The molecule has 1 aromatic rings. The van der Waals surface area contributed by atoms with Crippen molar-refractivity contribution in [3.63, 3.8) is 0 Å². The molecule has 0 spiro atoms. The van der Waals surface area contributed by atoms with E-state index in [1.165, 1.54) is 12.8 Å². The lowest BCUT2D eigenvalue weighted by molar-refractivity contribution is -0.114. The lowest BCUT2D eigenvalue weighted by atomic mass is 9.79. The molecule has 2 aliphatic rings. The molecule has 1 saturated heterocycles. The van der Waals surface area contributed by atoms with Crippen LogP contribution < -0.4 is 4.72 Å². The number of aromatic nitrogens is 2. The van der Waals surface area contributed by atoms with Gasteiger partial charge in [-0.25, -0.2) is 9.97 Å². The average Bonchev–Trinajstić information content (AvgIpc) is 3.31. The van der Waals surface area contributed by atoms with E-state index in [2.05, 4.69) is 26.6 Å². The van der Waals surface area contributed by atoms with Crippen LogP contribution in [0.1, 0.15) is 31.5 Å². The van der Waals surface area contributed by atoms with Crippen molar-refractivity contribution in [1.29, 1.82) is 0 Å². The van der Waals surface area contributed by atoms with Crippen molar-refractivity contribution in [2.24, 2.45) is 0 Å². The summed E-state index contributed by atoms with van der Waals surface area (Å²) in [5.41, 5.74) is -0.506. The molecule has 20 heavy (non-hydrogen) atoms. The second-order valence-electron chi connectivity index (χ2n) is 5.76. The van der Waals surface area contributed by atoms with Crippen molar-refractivity contribution in [3.8, 4) is 0 Å². The lowest BCUT2D eigenvalue weighted by Gasteiger charge is -2.35. The molecule has 1 aliphatic heterocycles. The monoisotopic (exact) mass is 292 g/mol. The largest absolute Gasteiger partial charge is 0.314 e. The Labute approximate surface area is 123 Å². The number of anilines is 1. The van der Waals surface area contributed by atoms with E-state index in [0.29, 0.717) is 5.82 Å². The van der Waals surface area contributed by atoms with Gasteiger partial charge in [0, 0.05) is 11.4 Å². The van der Waals surface area contributed by atoms with E-state index in [4.69, 9.17) is 0 Å². The molecular formula is C14H20N4OS. The molecule has 1 N–H and O–H groups in total. The van der Waals surface area contributed by atoms with Crippen molar-refractivity contribution in [2.75, 3.05) is 24.9 Å². The van der Waals surface area contributed by atoms with Crippen LogP contribution in [0.25, 0.3) is 0 Å². The summed E-state index contributed by atoms with van der Waals surface area (Å²) in [6.45, 7) is 1.83. The van der Waals surface area contributed by atoms with E-state index >= 15 is 0 Å². The topological polar surface area (TPSA) is 58.1 Å². The zero-order valence-electron chi connectivity index (χ0n) is 11.7. The second-order valence-corrected chi connectivity index (χ2v) is 6.87. The predicted molar refractivity (Wildman–Crippen MR) is 80.7 cm³/mol. The Morgan fingerprint density at radius 3 is 2.85 bits per heavy atom. The van der Waals surface area contributed by atoms with Gasteiger partial charge in [0.05, 0.1) is 5.41 Å². The Morgan fingerprint density at radius 1 is 1.45 bits per heavy atom. The summed E-state index contributed by atoms with van der Waals surface area (Å²) in [7, 11) is 2.08. The molecule has 2 heterocycles. The summed E-state index contributed by atoms with van der Waals surface area (Å²) < 4.78 is 3.28. The third kappa shape index (κ3) is 2.96. The van der Waals surface area contributed by atoms with Gasteiger partial charge < -0.3 is 14.4 Å². The SMILES string of the molecule is CN1CCC(C=O)(c2nccc(NSC3CC3)n2)CC1. The summed E-state index contributed by atoms with van der Waals surface area (Å²) in [6, 6.07) is 1.87. The number of piperidine rings is 1. The van der Waals surface area contributed by atoms with Gasteiger partial charge in [-0.2, -0.15) is 0 Å². The predicted octanol–water partition coefficient (Wildman–Crippen LogP) is 1.86. The minimum absolute atomic E-state index is 0.506. The fourth-order valence-corrected chi connectivity index (χ4v) is 3.17. The van der Waals surface area contributed by atoms with Crippen LogP contribution in [-0.4, -0.2) is 46.5 Å². The zero-order chi connectivity index (χ0) is 14.0. The number of likely N-dealkylation sites (tertiary alicyclic amines) is 1. The van der Waals surface area contributed by atoms with Crippen LogP contribution in [0.5, 0.6) is 0 Å². The maximum Gasteiger partial charge on any atom is 0.144 e. The first-order chi connectivity index (χ1) is 9.72. The van der Waals surface area contributed by atoms with Crippen LogP contribution in [0.4, 0.5) is 5.82 Å². The first-order valence-corrected chi connectivity index (χ1v) is 8.00. The molecule has 108 valence electrons. The summed E-state index contributed by atoms with van der Waals surface area (Å²) >= 11 is 1.72. The van der Waals surface area contributed by atoms with Crippen molar-refractivity contribution < 1.29 is 4.79 Å². The van der Waals surface area contributed by atoms with Gasteiger partial charge >= 0.3 is 0 Å². The molecule has 0 aromatic carbocycles. The van der Waals surface area contributed by atoms with E-state index in [1.807, 2.05) is 6.07 Å². The van der Waals surface area contributed by atoms with E-state index in [1.54, 1.807) is 18.1 Å². The summed E-state index contributed by atoms with van der Waals surface area (Å²) in [4.78, 5) is 22.8. The fraction of sp³-hybridized carbons (Fsp3) is 0.643. The van der Waals surface area contributed by atoms with Crippen molar-refractivity contribution in [1.82, 2.24) is 14.9 Å². The number of hydrogen-bond donors (Lipinski definition) is 1. The highest BCUT2D eigenvalue weighted by Gasteiger charge is 2.38. The van der Waals surface area contributed by atoms with Gasteiger partial charge in [-0.3, -0.25) is 0 Å². The number of nitrogens with zero attached hydrogens (tertiary/aromatic N) is 3. The Balaban J connectivity index is 1.76. The lowest BCUT2D eigenvalue weighted by Crippen LogP contribution is -2.43. The fourth-order valence-electron chi connectivity index (χ4n) is 2.40. The van der Waals surface area contributed by atoms with Gasteiger partial charge in [0.1, 0.15) is 17.9 Å². The molecule has 6 heteroatoms. The number of carbonyl (C=O) groups excluding carboxylic acids is 1. The molecule has 0 bridgehead atoms. The van der Waals surface area contributed by atoms with E-state index in [9.17, 15) is 4.79 Å². The Kier molecular flexibility index (Phi) is 3.94. The zero-order valence-corrected chi connectivity index (χ0v) is 12.5. The Bertz CT molecular complexity index is 484. The maximum absolute atomic E-state index is 11.7.